The van der Waals surface area contributed by atoms with E-state index in [-0.39, 0.29) is 5.91 Å². The maximum Gasteiger partial charge on any atom is 0.271 e. The number of hydrogen-bond acceptors (Lipinski definition) is 4. The van der Waals surface area contributed by atoms with Crippen molar-refractivity contribution in [2.75, 3.05) is 7.05 Å². The average Bonchev–Trinajstić information content (AvgIpc) is 3.25. The fourth-order valence-corrected chi connectivity index (χ4v) is 3.25. The van der Waals surface area contributed by atoms with E-state index in [2.05, 4.69) is 26.2 Å². The van der Waals surface area contributed by atoms with Crippen molar-refractivity contribution in [2.24, 2.45) is 0 Å². The average molecular weight is 360 g/mol. The number of amides is 1. The maximum atomic E-state index is 11.7. The van der Waals surface area contributed by atoms with Gasteiger partial charge in [-0.15, -0.1) is 0 Å². The molecule has 7 heteroatoms. The number of aromatic amines is 1. The van der Waals surface area contributed by atoms with Gasteiger partial charge in [-0.05, 0) is 37.6 Å². The van der Waals surface area contributed by atoms with Gasteiger partial charge in [0.15, 0.2) is 0 Å². The van der Waals surface area contributed by atoms with Gasteiger partial charge in [0.25, 0.3) is 5.91 Å². The van der Waals surface area contributed by atoms with Gasteiger partial charge in [-0.2, -0.15) is 10.4 Å². The van der Waals surface area contributed by atoms with Crippen LogP contribution in [0.15, 0.2) is 30.3 Å². The third kappa shape index (κ3) is 3.25. The van der Waals surface area contributed by atoms with Crippen molar-refractivity contribution in [3.63, 3.8) is 0 Å². The Kier molecular flexibility index (Phi) is 4.90. The summed E-state index contributed by atoms with van der Waals surface area (Å²) < 4.78 is 2.09. The topological polar surface area (TPSA) is 110 Å². The third-order valence-electron chi connectivity index (χ3n) is 4.70. The number of hydrogen-bond donors (Lipinski definition) is 3. The highest BCUT2D eigenvalue weighted by molar-refractivity contribution is 5.92. The highest BCUT2D eigenvalue weighted by Gasteiger charge is 2.19. The molecule has 27 heavy (non-hydrogen) atoms. The Balaban J connectivity index is 2.03. The van der Waals surface area contributed by atoms with Crippen molar-refractivity contribution in [2.45, 2.75) is 20.4 Å². The van der Waals surface area contributed by atoms with Crippen molar-refractivity contribution in [1.82, 2.24) is 20.1 Å². The summed E-state index contributed by atoms with van der Waals surface area (Å²) in [6.07, 6.45) is 1.36. The second kappa shape index (κ2) is 7.30. The second-order valence-electron chi connectivity index (χ2n) is 6.24. The Bertz CT molecular complexity index is 1050. The molecule has 0 bridgehead atoms. The zero-order chi connectivity index (χ0) is 19.6. The summed E-state index contributed by atoms with van der Waals surface area (Å²) in [4.78, 5) is 11.7. The van der Waals surface area contributed by atoms with E-state index < -0.39 is 0 Å². The highest BCUT2D eigenvalue weighted by atomic mass is 16.1. The Morgan fingerprint density at radius 2 is 2.04 bits per heavy atom. The van der Waals surface area contributed by atoms with Gasteiger partial charge in [0.2, 0.25) is 0 Å². The Labute approximate surface area is 157 Å². The standard InChI is InChI=1S/C20H20N6O/c1-12-17(10-22)19(15-6-4-14(9-21)5-7-15)13(2)26(12)11-16-8-18(25-24-16)20(27)23-3/h4-8,10,22H,11H2,1-3H3,(H,23,27)(H,24,25). The molecule has 0 saturated carbocycles. The van der Waals surface area contributed by atoms with Gasteiger partial charge in [-0.25, -0.2) is 0 Å². The Morgan fingerprint density at radius 1 is 1.33 bits per heavy atom. The minimum Gasteiger partial charge on any atom is -0.354 e. The van der Waals surface area contributed by atoms with Crippen molar-refractivity contribution >= 4 is 12.1 Å². The lowest BCUT2D eigenvalue weighted by atomic mass is 10.00. The van der Waals surface area contributed by atoms with Crippen LogP contribution in [0.25, 0.3) is 11.1 Å². The number of H-pyrrole nitrogens is 1. The molecule has 0 aliphatic carbocycles. The summed E-state index contributed by atoms with van der Waals surface area (Å²) in [6, 6.07) is 11.2. The number of carbonyl (C=O) groups excluding carboxylic acids is 1. The molecule has 0 aliphatic rings. The summed E-state index contributed by atoms with van der Waals surface area (Å²) in [7, 11) is 1.57. The van der Waals surface area contributed by atoms with Gasteiger partial charge in [0.05, 0.1) is 23.9 Å². The van der Waals surface area contributed by atoms with Gasteiger partial charge < -0.3 is 15.3 Å². The summed E-state index contributed by atoms with van der Waals surface area (Å²) in [5.41, 5.74) is 6.48. The first kappa shape index (κ1) is 18.1. The van der Waals surface area contributed by atoms with E-state index in [0.29, 0.717) is 17.8 Å². The molecule has 3 rings (SSSR count). The number of nitrogens with zero attached hydrogens (tertiary/aromatic N) is 3. The fourth-order valence-electron chi connectivity index (χ4n) is 3.25. The quantitative estimate of drug-likeness (QED) is 0.608. The lowest BCUT2D eigenvalue weighted by Crippen LogP contribution is -2.18. The monoisotopic (exact) mass is 360 g/mol. The molecule has 7 nitrogen and oxygen atoms in total. The molecule has 3 N–H and O–H groups in total. The van der Waals surface area contributed by atoms with Crippen LogP contribution < -0.4 is 5.32 Å². The molecule has 0 atom stereocenters. The molecule has 0 unspecified atom stereocenters. The van der Waals surface area contributed by atoms with E-state index in [1.807, 2.05) is 26.0 Å². The predicted molar refractivity (Wildman–Crippen MR) is 103 cm³/mol. The minimum atomic E-state index is -0.239. The first-order chi connectivity index (χ1) is 13.0. The van der Waals surface area contributed by atoms with Crippen LogP contribution in [0.1, 0.15) is 38.7 Å². The first-order valence-electron chi connectivity index (χ1n) is 8.47. The SMILES string of the molecule is CNC(=O)c1cc(Cn2c(C)c(C=N)c(-c3ccc(C#N)cc3)c2C)[nH]n1. The second-order valence-corrected chi connectivity index (χ2v) is 6.24. The van der Waals surface area contributed by atoms with Gasteiger partial charge in [-0.1, -0.05) is 12.1 Å². The smallest absolute Gasteiger partial charge is 0.271 e. The number of aromatic nitrogens is 3. The molecular weight excluding hydrogens is 340 g/mol. The van der Waals surface area contributed by atoms with Crippen LogP contribution >= 0.6 is 0 Å². The van der Waals surface area contributed by atoms with Gasteiger partial charge in [0.1, 0.15) is 5.69 Å². The highest BCUT2D eigenvalue weighted by Crippen LogP contribution is 2.32. The van der Waals surface area contributed by atoms with Crippen LogP contribution in [0.5, 0.6) is 0 Å². The van der Waals surface area contributed by atoms with Crippen molar-refractivity contribution in [1.29, 1.82) is 10.7 Å². The molecule has 0 spiro atoms. The molecule has 0 aliphatic heterocycles. The Hall–Kier alpha value is -3.66. The molecule has 3 aromatic rings. The van der Waals surface area contributed by atoms with Crippen LogP contribution in [-0.2, 0) is 6.54 Å². The number of benzene rings is 1. The van der Waals surface area contributed by atoms with Crippen LogP contribution in [0.4, 0.5) is 0 Å². The molecule has 2 heterocycles. The number of nitriles is 1. The summed E-state index contributed by atoms with van der Waals surface area (Å²) >= 11 is 0. The molecule has 136 valence electrons. The molecule has 1 aromatic carbocycles. The van der Waals surface area contributed by atoms with E-state index in [0.717, 1.165) is 33.8 Å². The fraction of sp³-hybridized carbons (Fsp3) is 0.200. The molecule has 2 aromatic heterocycles. The third-order valence-corrected chi connectivity index (χ3v) is 4.70. The maximum absolute atomic E-state index is 11.7. The van der Waals surface area contributed by atoms with Crippen molar-refractivity contribution in [3.8, 4) is 17.2 Å². The van der Waals surface area contributed by atoms with E-state index >= 15 is 0 Å². The normalized spacial score (nSPS) is 10.4. The summed E-state index contributed by atoms with van der Waals surface area (Å²) in [5, 5.41) is 26.4. The first-order valence-corrected chi connectivity index (χ1v) is 8.47. The van der Waals surface area contributed by atoms with Crippen molar-refractivity contribution < 1.29 is 4.79 Å². The van der Waals surface area contributed by atoms with Crippen LogP contribution in [0.3, 0.4) is 0 Å². The van der Waals surface area contributed by atoms with E-state index in [1.54, 1.807) is 25.2 Å². The van der Waals surface area contributed by atoms with Gasteiger partial charge in [0, 0.05) is 35.8 Å². The van der Waals surface area contributed by atoms with E-state index in [1.165, 1.54) is 6.21 Å². The molecule has 0 saturated heterocycles. The molecule has 0 radical (unpaired) electrons. The predicted octanol–water partition coefficient (Wildman–Crippen LogP) is 2.77. The summed E-state index contributed by atoms with van der Waals surface area (Å²) in [5.74, 6) is -0.239. The molecule has 1 amide bonds. The van der Waals surface area contributed by atoms with Crippen LogP contribution in [0, 0.1) is 30.6 Å². The lowest BCUT2D eigenvalue weighted by Gasteiger charge is -2.08. The van der Waals surface area contributed by atoms with Crippen LogP contribution in [-0.4, -0.2) is 33.9 Å². The van der Waals surface area contributed by atoms with Gasteiger partial charge in [-0.3, -0.25) is 9.89 Å². The Morgan fingerprint density at radius 3 is 2.63 bits per heavy atom. The summed E-state index contributed by atoms with van der Waals surface area (Å²) in [6.45, 7) is 4.49. The number of nitrogens with one attached hydrogen (secondary N) is 3. The molecule has 0 fully saturated rings. The number of rotatable bonds is 5. The zero-order valence-electron chi connectivity index (χ0n) is 15.4. The van der Waals surface area contributed by atoms with Crippen molar-refractivity contribution in [3.05, 3.63) is 64.2 Å². The van der Waals surface area contributed by atoms with Crippen LogP contribution in [0.2, 0.25) is 0 Å². The lowest BCUT2D eigenvalue weighted by molar-refractivity contribution is 0.0958. The van der Waals surface area contributed by atoms with E-state index in [9.17, 15) is 4.79 Å². The molecular formula is C20H20N6O. The minimum absolute atomic E-state index is 0.239. The number of carbonyl (C=O) groups is 1. The van der Waals surface area contributed by atoms with E-state index in [4.69, 9.17) is 10.7 Å². The largest absolute Gasteiger partial charge is 0.354 e. The van der Waals surface area contributed by atoms with Gasteiger partial charge >= 0.3 is 0 Å². The zero-order valence-corrected chi connectivity index (χ0v) is 15.4.